The topological polar surface area (TPSA) is 58.9 Å². The molecule has 4 nitrogen and oxygen atoms in total. The molecule has 0 aromatic heterocycles. The molecule has 98 valence electrons. The summed E-state index contributed by atoms with van der Waals surface area (Å²) in [5.41, 5.74) is 0.0915. The minimum Gasteiger partial charge on any atom is -0.211 e. The van der Waals surface area contributed by atoms with Crippen LogP contribution >= 0.6 is 0 Å². The van der Waals surface area contributed by atoms with E-state index in [2.05, 4.69) is 9.98 Å². The first-order chi connectivity index (χ1) is 8.83. The van der Waals surface area contributed by atoms with Gasteiger partial charge in [0, 0.05) is 0 Å². The molecule has 2 unspecified atom stereocenters. The second-order valence-electron chi connectivity index (χ2n) is 5.64. The van der Waals surface area contributed by atoms with Crippen LogP contribution in [-0.4, -0.2) is 25.2 Å². The Kier molecular flexibility index (Phi) is 4.46. The lowest BCUT2D eigenvalue weighted by molar-refractivity contribution is 0.117. The summed E-state index contributed by atoms with van der Waals surface area (Å²) in [7, 11) is 0. The summed E-state index contributed by atoms with van der Waals surface area (Å²) in [6.07, 6.45) is 11.7. The van der Waals surface area contributed by atoms with Crippen LogP contribution in [0.1, 0.15) is 44.9 Å². The number of carbonyl (C=O) groups excluding carboxylic acids is 2. The monoisotopic (exact) mass is 248 g/mol. The molecule has 0 spiro atoms. The van der Waals surface area contributed by atoms with Crippen molar-refractivity contribution < 1.29 is 9.59 Å². The summed E-state index contributed by atoms with van der Waals surface area (Å²) < 4.78 is 0. The van der Waals surface area contributed by atoms with Crippen LogP contribution < -0.4 is 0 Å². The van der Waals surface area contributed by atoms with Gasteiger partial charge in [-0.25, -0.2) is 19.6 Å². The highest BCUT2D eigenvalue weighted by Crippen LogP contribution is 2.54. The molecule has 2 saturated carbocycles. The Labute approximate surface area is 108 Å². The van der Waals surface area contributed by atoms with Gasteiger partial charge in [-0.05, 0) is 42.9 Å². The van der Waals surface area contributed by atoms with Crippen molar-refractivity contribution in [2.75, 3.05) is 13.1 Å². The third-order valence-corrected chi connectivity index (χ3v) is 4.99. The van der Waals surface area contributed by atoms with Crippen molar-refractivity contribution in [2.45, 2.75) is 44.9 Å². The van der Waals surface area contributed by atoms with Crippen LogP contribution in [0.25, 0.3) is 0 Å². The van der Waals surface area contributed by atoms with Crippen molar-refractivity contribution in [1.82, 2.24) is 0 Å². The van der Waals surface area contributed by atoms with E-state index in [9.17, 15) is 9.59 Å². The quantitative estimate of drug-likeness (QED) is 0.554. The molecule has 0 radical (unpaired) electrons. The average molecular weight is 248 g/mol. The maximum atomic E-state index is 10.5. The molecule has 0 aliphatic heterocycles. The van der Waals surface area contributed by atoms with Gasteiger partial charge in [0.25, 0.3) is 0 Å². The molecule has 2 aliphatic carbocycles. The van der Waals surface area contributed by atoms with Crippen LogP contribution in [0.5, 0.6) is 0 Å². The standard InChI is InChI=1S/C14H20N2O2/c17-10-15-8-13-6-3-7-14(13,9-16-11-18)12-4-1-2-5-12/h12-13H,1-9H2. The van der Waals surface area contributed by atoms with E-state index in [4.69, 9.17) is 0 Å². The van der Waals surface area contributed by atoms with Crippen molar-refractivity contribution >= 4 is 12.2 Å². The molecule has 2 aliphatic rings. The second kappa shape index (κ2) is 6.08. The van der Waals surface area contributed by atoms with E-state index in [1.807, 2.05) is 0 Å². The Morgan fingerprint density at radius 1 is 1.00 bits per heavy atom. The average Bonchev–Trinajstić information content (AvgIpc) is 3.03. The maximum absolute atomic E-state index is 10.5. The van der Waals surface area contributed by atoms with Gasteiger partial charge in [-0.15, -0.1) is 0 Å². The lowest BCUT2D eigenvalue weighted by Gasteiger charge is -2.39. The lowest BCUT2D eigenvalue weighted by atomic mass is 9.67. The van der Waals surface area contributed by atoms with Crippen LogP contribution in [0.15, 0.2) is 9.98 Å². The van der Waals surface area contributed by atoms with E-state index in [1.54, 1.807) is 12.2 Å². The molecule has 2 fully saturated rings. The highest BCUT2D eigenvalue weighted by molar-refractivity contribution is 5.34. The summed E-state index contributed by atoms with van der Waals surface area (Å²) in [6, 6.07) is 0. The first-order valence-electron chi connectivity index (χ1n) is 6.91. The van der Waals surface area contributed by atoms with Gasteiger partial charge in [-0.1, -0.05) is 19.3 Å². The molecule has 2 atom stereocenters. The fraction of sp³-hybridized carbons (Fsp3) is 0.857. The lowest BCUT2D eigenvalue weighted by Crippen LogP contribution is -2.37. The molecule has 0 heterocycles. The molecular formula is C14H20N2O2. The van der Waals surface area contributed by atoms with Crippen LogP contribution in [0, 0.1) is 17.3 Å². The van der Waals surface area contributed by atoms with Crippen molar-refractivity contribution in [1.29, 1.82) is 0 Å². The molecule has 4 heteroatoms. The van der Waals surface area contributed by atoms with Gasteiger partial charge in [-0.3, -0.25) is 0 Å². The van der Waals surface area contributed by atoms with E-state index in [0.717, 1.165) is 19.3 Å². The predicted octanol–water partition coefficient (Wildman–Crippen LogP) is 2.63. The summed E-state index contributed by atoms with van der Waals surface area (Å²) in [4.78, 5) is 28.5. The minimum atomic E-state index is 0.0915. The third-order valence-electron chi connectivity index (χ3n) is 4.99. The number of nitrogens with zero attached hydrogens (tertiary/aromatic N) is 2. The third kappa shape index (κ3) is 2.45. The Bertz CT molecular complexity index is 377. The number of hydrogen-bond acceptors (Lipinski definition) is 4. The van der Waals surface area contributed by atoms with Gasteiger partial charge in [0.2, 0.25) is 12.2 Å². The Morgan fingerprint density at radius 2 is 1.72 bits per heavy atom. The molecule has 0 aromatic carbocycles. The van der Waals surface area contributed by atoms with Gasteiger partial charge in [-0.2, -0.15) is 0 Å². The minimum absolute atomic E-state index is 0.0915. The fourth-order valence-electron chi connectivity index (χ4n) is 4.14. The van der Waals surface area contributed by atoms with E-state index >= 15 is 0 Å². The number of isocyanates is 2. The first kappa shape index (κ1) is 13.2. The van der Waals surface area contributed by atoms with Gasteiger partial charge in [0.05, 0.1) is 13.1 Å². The molecule has 2 rings (SSSR count). The largest absolute Gasteiger partial charge is 0.234 e. The van der Waals surface area contributed by atoms with Crippen molar-refractivity contribution in [3.05, 3.63) is 0 Å². The number of rotatable bonds is 5. The second-order valence-corrected chi connectivity index (χ2v) is 5.64. The highest BCUT2D eigenvalue weighted by atomic mass is 16.1. The Balaban J connectivity index is 2.20. The van der Waals surface area contributed by atoms with E-state index in [-0.39, 0.29) is 5.41 Å². The predicted molar refractivity (Wildman–Crippen MR) is 67.7 cm³/mol. The Morgan fingerprint density at radius 3 is 2.39 bits per heavy atom. The van der Waals surface area contributed by atoms with Crippen LogP contribution in [-0.2, 0) is 9.59 Å². The van der Waals surface area contributed by atoms with Crippen molar-refractivity contribution in [2.24, 2.45) is 27.2 Å². The molecule has 0 bridgehead atoms. The number of hydrogen-bond donors (Lipinski definition) is 0. The molecule has 18 heavy (non-hydrogen) atoms. The molecule has 0 N–H and O–H groups in total. The van der Waals surface area contributed by atoms with Gasteiger partial charge >= 0.3 is 0 Å². The van der Waals surface area contributed by atoms with Gasteiger partial charge in [0.15, 0.2) is 0 Å². The van der Waals surface area contributed by atoms with Crippen LogP contribution in [0.2, 0.25) is 0 Å². The summed E-state index contributed by atoms with van der Waals surface area (Å²) in [6.45, 7) is 1.12. The van der Waals surface area contributed by atoms with E-state index in [0.29, 0.717) is 24.9 Å². The zero-order valence-corrected chi connectivity index (χ0v) is 10.7. The van der Waals surface area contributed by atoms with E-state index < -0.39 is 0 Å². The van der Waals surface area contributed by atoms with Gasteiger partial charge < -0.3 is 0 Å². The summed E-state index contributed by atoms with van der Waals surface area (Å²) >= 11 is 0. The highest BCUT2D eigenvalue weighted by Gasteiger charge is 2.48. The van der Waals surface area contributed by atoms with Crippen molar-refractivity contribution in [3.63, 3.8) is 0 Å². The van der Waals surface area contributed by atoms with Crippen LogP contribution in [0.3, 0.4) is 0 Å². The summed E-state index contributed by atoms with van der Waals surface area (Å²) in [5, 5.41) is 0. The molecule has 0 aromatic rings. The number of aliphatic imine (C=N–C) groups is 2. The Hall–Kier alpha value is -1.24. The SMILES string of the molecule is O=C=NCC1CCCC1(CN=C=O)C1CCCC1. The maximum Gasteiger partial charge on any atom is 0.234 e. The molecular weight excluding hydrogens is 228 g/mol. The van der Waals surface area contributed by atoms with E-state index in [1.165, 1.54) is 25.7 Å². The molecule has 0 amide bonds. The fourth-order valence-corrected chi connectivity index (χ4v) is 4.14. The molecule has 0 saturated heterocycles. The van der Waals surface area contributed by atoms with Gasteiger partial charge in [0.1, 0.15) is 0 Å². The summed E-state index contributed by atoms with van der Waals surface area (Å²) in [5.74, 6) is 1.03. The van der Waals surface area contributed by atoms with Crippen LogP contribution in [0.4, 0.5) is 0 Å². The smallest absolute Gasteiger partial charge is 0.211 e. The zero-order chi connectivity index (χ0) is 12.8. The first-order valence-corrected chi connectivity index (χ1v) is 6.91. The zero-order valence-electron chi connectivity index (χ0n) is 10.7. The van der Waals surface area contributed by atoms with Crippen molar-refractivity contribution in [3.8, 4) is 0 Å². The normalized spacial score (nSPS) is 31.9.